The minimum absolute atomic E-state index is 0.141. The van der Waals surface area contributed by atoms with E-state index in [0.717, 1.165) is 15.8 Å². The minimum Gasteiger partial charge on any atom is -0.505 e. The second-order valence-electron chi connectivity index (χ2n) is 5.74. The van der Waals surface area contributed by atoms with Gasteiger partial charge in [0, 0.05) is 17.3 Å². The molecule has 1 amide bonds. The van der Waals surface area contributed by atoms with E-state index in [1.807, 2.05) is 32.0 Å². The van der Waals surface area contributed by atoms with Crippen molar-refractivity contribution in [2.45, 2.75) is 13.8 Å². The number of carbonyl (C=O) groups excluding carboxylic acids is 2. The van der Waals surface area contributed by atoms with Gasteiger partial charge in [0.15, 0.2) is 17.0 Å². The molecule has 2 aromatic carbocycles. The molecule has 0 saturated carbocycles. The number of hydrogen-bond acceptors (Lipinski definition) is 6. The van der Waals surface area contributed by atoms with Crippen molar-refractivity contribution in [2.24, 2.45) is 10.2 Å². The molecule has 3 aromatic rings. The highest BCUT2D eigenvalue weighted by molar-refractivity contribution is 7.16. The first-order valence-corrected chi connectivity index (χ1v) is 8.73. The quantitative estimate of drug-likeness (QED) is 0.512. The lowest BCUT2D eigenvalue weighted by atomic mass is 10.0. The molecule has 0 saturated heterocycles. The summed E-state index contributed by atoms with van der Waals surface area (Å²) in [5.74, 6) is -0.467. The monoisotopic (exact) mass is 367 g/mol. The third-order valence-electron chi connectivity index (χ3n) is 4.21. The number of rotatable bonds is 4. The molecule has 1 aromatic heterocycles. The summed E-state index contributed by atoms with van der Waals surface area (Å²) < 4.78 is 0. The van der Waals surface area contributed by atoms with Crippen molar-refractivity contribution < 1.29 is 14.7 Å². The van der Waals surface area contributed by atoms with Crippen LogP contribution in [0, 0.1) is 13.8 Å². The number of amides is 1. The summed E-state index contributed by atoms with van der Waals surface area (Å²) in [5.41, 5.74) is 1.66. The van der Waals surface area contributed by atoms with Crippen LogP contribution in [0.1, 0.15) is 31.2 Å². The van der Waals surface area contributed by atoms with Crippen LogP contribution in [-0.2, 0) is 0 Å². The number of thiophene rings is 1. The molecule has 0 radical (unpaired) electrons. The minimum atomic E-state index is -0.239. The molecule has 0 atom stereocenters. The van der Waals surface area contributed by atoms with Crippen LogP contribution < -0.4 is 5.32 Å². The molecule has 0 spiro atoms. The van der Waals surface area contributed by atoms with E-state index in [2.05, 4.69) is 15.5 Å². The zero-order chi connectivity index (χ0) is 18.8. The standard InChI is InChI=1S/C19H17N3O3S/c1-10-11(2)26-19(15(10)18(25)20-3)22-21-16-14-7-5-4-6-12(14)8-13(9-23)17(16)24/h4-9,24H,1-3H3,(H,20,25). The van der Waals surface area contributed by atoms with Gasteiger partial charge in [0.25, 0.3) is 5.91 Å². The summed E-state index contributed by atoms with van der Waals surface area (Å²) in [5, 5.41) is 23.3. The maximum absolute atomic E-state index is 12.2. The zero-order valence-electron chi connectivity index (χ0n) is 14.5. The largest absolute Gasteiger partial charge is 0.505 e. The van der Waals surface area contributed by atoms with Crippen LogP contribution >= 0.6 is 11.3 Å². The first-order valence-electron chi connectivity index (χ1n) is 7.91. The molecule has 132 valence electrons. The molecule has 1 heterocycles. The number of carbonyl (C=O) groups is 2. The Morgan fingerprint density at radius 3 is 2.65 bits per heavy atom. The van der Waals surface area contributed by atoms with E-state index in [1.54, 1.807) is 19.2 Å². The molecule has 3 rings (SSSR count). The molecule has 7 heteroatoms. The highest BCUT2D eigenvalue weighted by atomic mass is 32.1. The molecule has 0 aliphatic carbocycles. The van der Waals surface area contributed by atoms with E-state index in [1.165, 1.54) is 11.3 Å². The van der Waals surface area contributed by atoms with Crippen LogP contribution in [0.4, 0.5) is 10.7 Å². The number of aldehydes is 1. The maximum atomic E-state index is 12.2. The van der Waals surface area contributed by atoms with E-state index < -0.39 is 0 Å². The first-order chi connectivity index (χ1) is 12.5. The van der Waals surface area contributed by atoms with Crippen LogP contribution in [0.3, 0.4) is 0 Å². The number of fused-ring (bicyclic) bond motifs is 1. The number of phenolic OH excluding ortho intramolecular Hbond substituents is 1. The SMILES string of the molecule is CNC(=O)c1c(N=Nc2c(O)c(C=O)cc3ccccc23)sc(C)c1C. The molecular formula is C19H17N3O3S. The van der Waals surface area contributed by atoms with Crippen LogP contribution in [0.15, 0.2) is 40.6 Å². The smallest absolute Gasteiger partial charge is 0.254 e. The molecule has 0 aliphatic rings. The Kier molecular flexibility index (Phi) is 4.81. The van der Waals surface area contributed by atoms with Crippen molar-refractivity contribution in [3.05, 3.63) is 51.9 Å². The van der Waals surface area contributed by atoms with Crippen molar-refractivity contribution in [3.8, 4) is 5.75 Å². The zero-order valence-corrected chi connectivity index (χ0v) is 15.3. The predicted molar refractivity (Wildman–Crippen MR) is 102 cm³/mol. The summed E-state index contributed by atoms with van der Waals surface area (Å²) in [4.78, 5) is 24.4. The second kappa shape index (κ2) is 7.05. The summed E-state index contributed by atoms with van der Waals surface area (Å²) in [7, 11) is 1.56. The third kappa shape index (κ3) is 2.97. The van der Waals surface area contributed by atoms with Gasteiger partial charge in [-0.15, -0.1) is 21.6 Å². The van der Waals surface area contributed by atoms with E-state index in [4.69, 9.17) is 0 Å². The van der Waals surface area contributed by atoms with Gasteiger partial charge >= 0.3 is 0 Å². The predicted octanol–water partition coefficient (Wildman–Crippen LogP) is 4.81. The van der Waals surface area contributed by atoms with Gasteiger partial charge in [0.05, 0.1) is 11.1 Å². The Labute approximate surface area is 154 Å². The van der Waals surface area contributed by atoms with Gasteiger partial charge in [-0.3, -0.25) is 9.59 Å². The average molecular weight is 367 g/mol. The Morgan fingerprint density at radius 2 is 1.96 bits per heavy atom. The van der Waals surface area contributed by atoms with Gasteiger partial charge in [0.1, 0.15) is 5.69 Å². The fourth-order valence-corrected chi connectivity index (χ4v) is 3.67. The van der Waals surface area contributed by atoms with Crippen molar-refractivity contribution >= 4 is 45.0 Å². The number of azo groups is 1. The summed E-state index contributed by atoms with van der Waals surface area (Å²) >= 11 is 1.35. The van der Waals surface area contributed by atoms with Gasteiger partial charge in [-0.05, 0) is 30.9 Å². The van der Waals surface area contributed by atoms with Crippen molar-refractivity contribution in [1.29, 1.82) is 0 Å². The fourth-order valence-electron chi connectivity index (χ4n) is 2.70. The highest BCUT2D eigenvalue weighted by Gasteiger charge is 2.19. The molecule has 6 nitrogen and oxygen atoms in total. The van der Waals surface area contributed by atoms with E-state index in [0.29, 0.717) is 22.2 Å². The number of nitrogens with one attached hydrogen (secondary N) is 1. The van der Waals surface area contributed by atoms with E-state index in [-0.39, 0.29) is 22.9 Å². The molecule has 2 N–H and O–H groups in total. The first kappa shape index (κ1) is 17.8. The third-order valence-corrected chi connectivity index (χ3v) is 5.30. The summed E-state index contributed by atoms with van der Waals surface area (Å²) in [6.45, 7) is 3.76. The Hall–Kier alpha value is -3.06. The number of benzene rings is 2. The normalized spacial score (nSPS) is 11.2. The van der Waals surface area contributed by atoms with Crippen LogP contribution in [0.2, 0.25) is 0 Å². The molecule has 0 aliphatic heterocycles. The Bertz CT molecular complexity index is 1050. The lowest BCUT2D eigenvalue weighted by molar-refractivity contribution is 0.0963. The summed E-state index contributed by atoms with van der Waals surface area (Å²) in [6.07, 6.45) is 0.580. The van der Waals surface area contributed by atoms with Gasteiger partial charge < -0.3 is 10.4 Å². The van der Waals surface area contributed by atoms with E-state index >= 15 is 0 Å². The van der Waals surface area contributed by atoms with Crippen molar-refractivity contribution in [3.63, 3.8) is 0 Å². The number of aryl methyl sites for hydroxylation is 1. The topological polar surface area (TPSA) is 91.1 Å². The Morgan fingerprint density at radius 1 is 1.23 bits per heavy atom. The van der Waals surface area contributed by atoms with Crippen LogP contribution in [0.25, 0.3) is 10.8 Å². The van der Waals surface area contributed by atoms with Gasteiger partial charge in [-0.1, -0.05) is 24.3 Å². The van der Waals surface area contributed by atoms with Crippen molar-refractivity contribution in [1.82, 2.24) is 5.32 Å². The lowest BCUT2D eigenvalue weighted by Gasteiger charge is -2.06. The maximum Gasteiger partial charge on any atom is 0.254 e. The second-order valence-corrected chi connectivity index (χ2v) is 6.95. The van der Waals surface area contributed by atoms with Gasteiger partial charge in [0.2, 0.25) is 0 Å². The fraction of sp³-hybridized carbons (Fsp3) is 0.158. The van der Waals surface area contributed by atoms with Crippen molar-refractivity contribution in [2.75, 3.05) is 7.05 Å². The molecule has 0 fully saturated rings. The van der Waals surface area contributed by atoms with Crippen LogP contribution in [-0.4, -0.2) is 24.3 Å². The Balaban J connectivity index is 2.19. The highest BCUT2D eigenvalue weighted by Crippen LogP contribution is 2.41. The van der Waals surface area contributed by atoms with E-state index in [9.17, 15) is 14.7 Å². The van der Waals surface area contributed by atoms with Crippen LogP contribution in [0.5, 0.6) is 5.75 Å². The lowest BCUT2D eigenvalue weighted by Crippen LogP contribution is -2.18. The number of nitrogens with zero attached hydrogens (tertiary/aromatic N) is 2. The molecule has 0 bridgehead atoms. The molecular weight excluding hydrogens is 350 g/mol. The average Bonchev–Trinajstić information content (AvgIpc) is 2.93. The van der Waals surface area contributed by atoms with Gasteiger partial charge in [-0.25, -0.2) is 0 Å². The number of phenols is 1. The molecule has 0 unspecified atom stereocenters. The number of aromatic hydroxyl groups is 1. The molecule has 26 heavy (non-hydrogen) atoms. The van der Waals surface area contributed by atoms with Gasteiger partial charge in [-0.2, -0.15) is 0 Å². The summed E-state index contributed by atoms with van der Waals surface area (Å²) in [6, 6.07) is 8.88. The number of hydrogen-bond donors (Lipinski definition) is 2.